The first-order valence-corrected chi connectivity index (χ1v) is 44.0. The predicted octanol–water partition coefficient (Wildman–Crippen LogP) is 16.0. The van der Waals surface area contributed by atoms with Gasteiger partial charge in [-0.1, -0.05) is 443 Å². The third-order valence-electron chi connectivity index (χ3n) is 17.3. The summed E-state index contributed by atoms with van der Waals surface area (Å²) in [4.78, 5) is 0. The van der Waals surface area contributed by atoms with Crippen molar-refractivity contribution in [2.75, 3.05) is 0 Å². The van der Waals surface area contributed by atoms with E-state index in [0.29, 0.717) is 18.7 Å². The van der Waals surface area contributed by atoms with Crippen LogP contribution in [0.15, 0.2) is 425 Å². The molecular formula is C97H91BO4P4Si2. The van der Waals surface area contributed by atoms with Crippen molar-refractivity contribution < 1.29 is 18.9 Å². The Morgan fingerprint density at radius 1 is 0.250 bits per heavy atom. The fraction of sp³-hybridized carbons (Fsp3) is 0.0515. The van der Waals surface area contributed by atoms with Gasteiger partial charge < -0.3 is 18.9 Å². The largest absolute Gasteiger partial charge is 0.550 e. The first-order chi connectivity index (χ1) is 53.1. The molecule has 0 spiro atoms. The van der Waals surface area contributed by atoms with Gasteiger partial charge in [-0.2, -0.15) is 0 Å². The minimum absolute atomic E-state index is 0.131. The molecule has 15 rings (SSSR count). The molecule has 15 aromatic rings. The van der Waals surface area contributed by atoms with E-state index in [9.17, 15) is 0 Å². The highest BCUT2D eigenvalue weighted by Crippen LogP contribution is 2.36. The van der Waals surface area contributed by atoms with E-state index in [0.717, 1.165) is 11.1 Å². The Balaban J connectivity index is 0.000000139. The number of rotatable bonds is 20. The molecule has 0 atom stereocenters. The van der Waals surface area contributed by atoms with Crippen LogP contribution in [-0.4, -0.2) is 48.3 Å². The van der Waals surface area contributed by atoms with Crippen molar-refractivity contribution in [1.82, 2.24) is 0 Å². The molecule has 11 heteroatoms. The Morgan fingerprint density at radius 3 is 0.630 bits per heavy atom. The Morgan fingerprint density at radius 2 is 0.444 bits per heavy atom. The Kier molecular flexibility index (Phi) is 33.3. The molecule has 108 heavy (non-hydrogen) atoms. The van der Waals surface area contributed by atoms with E-state index >= 15 is 0 Å². The molecule has 0 fully saturated rings. The van der Waals surface area contributed by atoms with Crippen molar-refractivity contribution in [3.8, 4) is 11.1 Å². The lowest BCUT2D eigenvalue weighted by molar-refractivity contribution is 0.335. The zero-order valence-corrected chi connectivity index (χ0v) is 67.4. The number of benzene rings is 15. The first-order valence-electron chi connectivity index (χ1n) is 36.0. The zero-order chi connectivity index (χ0) is 75.2. The Hall–Kier alpha value is -10.2. The normalized spacial score (nSPS) is 10.4. The second kappa shape index (κ2) is 44.8. The van der Waals surface area contributed by atoms with Gasteiger partial charge in [-0.25, -0.2) is 0 Å². The van der Waals surface area contributed by atoms with Gasteiger partial charge in [0, 0.05) is 0 Å². The summed E-state index contributed by atoms with van der Waals surface area (Å²) >= 11 is 0. The standard InChI is InChI=1S/4C18H15P.C16H18OSi.C9H13BO3Si/c4*1-4-10-16(11-5-1)19(17-12-6-2-7-13-17)18-14-8-3-9-15-18;1-12-4-6-14(7-5-12)15-8-9-16(11-17-18-3)13(2)10-15;1-7-5-9(10(11)12)4-3-8(7)6-13-14-2/h4*1-15H;4-10,18H,3,11H2,1-2H3;3-5,11-12,14H,2,6H2,1H3. The van der Waals surface area contributed by atoms with Gasteiger partial charge in [0.25, 0.3) is 0 Å². The van der Waals surface area contributed by atoms with E-state index in [1.807, 2.05) is 13.0 Å². The van der Waals surface area contributed by atoms with Gasteiger partial charge >= 0.3 is 7.12 Å². The molecule has 0 unspecified atom stereocenters. The summed E-state index contributed by atoms with van der Waals surface area (Å²) in [6.07, 6.45) is 7.42. The van der Waals surface area contributed by atoms with E-state index < -0.39 is 38.8 Å². The second-order valence-electron chi connectivity index (χ2n) is 24.9. The topological polar surface area (TPSA) is 58.9 Å². The van der Waals surface area contributed by atoms with Crippen LogP contribution < -0.4 is 69.1 Å². The first kappa shape index (κ1) is 80.3. The number of hydrogen-bond acceptors (Lipinski definition) is 4. The van der Waals surface area contributed by atoms with E-state index in [1.54, 1.807) is 12.1 Å². The summed E-state index contributed by atoms with van der Waals surface area (Å²) in [6, 6.07) is 150. The van der Waals surface area contributed by atoms with Crippen molar-refractivity contribution in [3.63, 3.8) is 0 Å². The quantitative estimate of drug-likeness (QED) is 0.0590. The van der Waals surface area contributed by atoms with Crippen LogP contribution in [-0.2, 0) is 22.1 Å². The molecule has 0 bridgehead atoms. The SMILES string of the molecule is C=[SiH]OCc1ccc(-c2ccc(C)cc2)cc1C.C=[SiH]OCc1ccc(B(O)O)cc1C.c1ccc(P(c2ccccc2)c2ccccc2)cc1.c1ccc(P(c2ccccc2)c2ccccc2)cc1.c1ccc(P(c2ccccc2)c2ccccc2)cc1.c1ccc(P(c2ccccc2)c2ccccc2)cc1. The molecule has 534 valence electrons. The summed E-state index contributed by atoms with van der Waals surface area (Å²) in [6.45, 7) is 7.39. The minimum Gasteiger partial charge on any atom is -0.550 e. The smallest absolute Gasteiger partial charge is 0.488 e. The van der Waals surface area contributed by atoms with E-state index in [-0.39, 0.29) is 18.8 Å². The van der Waals surface area contributed by atoms with Crippen LogP contribution in [0.3, 0.4) is 0 Å². The van der Waals surface area contributed by atoms with Crippen LogP contribution in [0.4, 0.5) is 0 Å². The zero-order valence-electron chi connectivity index (χ0n) is 61.5. The maximum absolute atomic E-state index is 8.93. The minimum atomic E-state index is -1.40. The van der Waals surface area contributed by atoms with Gasteiger partial charge in [0.1, 0.15) is 0 Å². The van der Waals surface area contributed by atoms with Crippen LogP contribution in [0.25, 0.3) is 11.1 Å². The predicted molar refractivity (Wildman–Crippen MR) is 481 cm³/mol. The van der Waals surface area contributed by atoms with Crippen LogP contribution in [0.1, 0.15) is 27.8 Å². The molecule has 0 amide bonds. The molecule has 0 aliphatic heterocycles. The van der Waals surface area contributed by atoms with Crippen LogP contribution in [0.5, 0.6) is 0 Å². The third kappa shape index (κ3) is 24.9. The molecule has 0 saturated carbocycles. The van der Waals surface area contributed by atoms with E-state index in [1.165, 1.54) is 91.5 Å². The molecule has 0 aromatic heterocycles. The molecule has 2 N–H and O–H groups in total. The Labute approximate surface area is 650 Å². The van der Waals surface area contributed by atoms with Crippen LogP contribution in [0.2, 0.25) is 0 Å². The highest BCUT2D eigenvalue weighted by molar-refractivity contribution is 7.81. The molecule has 0 heterocycles. The molecular weight excluding hydrogens is 1420 g/mol. The summed E-state index contributed by atoms with van der Waals surface area (Å²) in [5.41, 5.74) is 8.92. The van der Waals surface area contributed by atoms with Crippen molar-refractivity contribution in [1.29, 1.82) is 0 Å². The van der Waals surface area contributed by atoms with Gasteiger partial charge in [0.15, 0.2) is 0 Å². The fourth-order valence-electron chi connectivity index (χ4n) is 11.8. The van der Waals surface area contributed by atoms with E-state index in [4.69, 9.17) is 18.9 Å². The summed E-state index contributed by atoms with van der Waals surface area (Å²) < 4.78 is 10.7. The maximum Gasteiger partial charge on any atom is 0.488 e. The summed E-state index contributed by atoms with van der Waals surface area (Å²) in [5, 5.41) is 34.6. The van der Waals surface area contributed by atoms with Gasteiger partial charge in [-0.3, -0.25) is 0 Å². The summed E-state index contributed by atoms with van der Waals surface area (Å²) in [5.74, 6) is 0. The maximum atomic E-state index is 8.93. The summed E-state index contributed by atoms with van der Waals surface area (Å²) in [7, 11) is -3.51. The molecule has 4 nitrogen and oxygen atoms in total. The van der Waals surface area contributed by atoms with Crippen molar-refractivity contribution in [3.05, 3.63) is 452 Å². The van der Waals surface area contributed by atoms with Crippen LogP contribution in [0, 0.1) is 20.8 Å². The van der Waals surface area contributed by atoms with E-state index in [2.05, 4.69) is 433 Å². The number of hydrogen-bond donors (Lipinski definition) is 2. The third-order valence-corrected chi connectivity index (χ3v) is 27.9. The molecule has 0 aliphatic carbocycles. The molecule has 0 saturated heterocycles. The number of aryl methyl sites for hydroxylation is 3. The Bertz CT molecular complexity index is 4150. The van der Waals surface area contributed by atoms with Gasteiger partial charge in [0.05, 0.1) is 13.2 Å². The lowest BCUT2D eigenvalue weighted by Crippen LogP contribution is -2.30. The van der Waals surface area contributed by atoms with Gasteiger partial charge in [-0.05, 0) is 155 Å². The lowest BCUT2D eigenvalue weighted by Gasteiger charge is -2.18. The second-order valence-corrected chi connectivity index (χ2v) is 35.1. The van der Waals surface area contributed by atoms with Gasteiger partial charge in [-0.15, -0.1) is 0 Å². The fourth-order valence-corrected chi connectivity index (χ4v) is 21.7. The average Bonchev–Trinajstić information content (AvgIpc) is 0.836. The van der Waals surface area contributed by atoms with Crippen LogP contribution >= 0.6 is 31.7 Å². The molecule has 0 aliphatic rings. The molecule has 15 aromatic carbocycles. The van der Waals surface area contributed by atoms with Crippen molar-refractivity contribution in [2.45, 2.75) is 34.0 Å². The monoisotopic (exact) mass is 1510 g/mol. The highest BCUT2D eigenvalue weighted by Gasteiger charge is 2.20. The highest BCUT2D eigenvalue weighted by atomic mass is 31.1. The average molecular weight is 1510 g/mol. The van der Waals surface area contributed by atoms with Gasteiger partial charge in [0.2, 0.25) is 18.8 Å². The lowest BCUT2D eigenvalue weighted by atomic mass is 9.79. The van der Waals surface area contributed by atoms with Crippen molar-refractivity contribution >= 4 is 139 Å². The van der Waals surface area contributed by atoms with Crippen molar-refractivity contribution in [2.24, 2.45) is 0 Å². The molecule has 0 radical (unpaired) electrons.